The molecule has 2 heterocycles. The maximum absolute atomic E-state index is 9.85. The number of β-amino-alcohol motifs (C(OH)–C–C–N with tert-alkyl or cyclic N) is 1. The number of amidine groups is 1. The third-order valence-corrected chi connectivity index (χ3v) is 3.27. The van der Waals surface area contributed by atoms with Crippen molar-refractivity contribution in [1.82, 2.24) is 15.1 Å². The van der Waals surface area contributed by atoms with Crippen LogP contribution in [-0.4, -0.2) is 64.4 Å². The van der Waals surface area contributed by atoms with Gasteiger partial charge in [0.1, 0.15) is 5.84 Å². The average molecular weight is 278 g/mol. The SMILES string of the molecule is CC(C)(O)CN1CCN(c2nnccc2C(=N)N)CC1. The van der Waals surface area contributed by atoms with E-state index in [2.05, 4.69) is 20.0 Å². The van der Waals surface area contributed by atoms with Gasteiger partial charge in [-0.15, -0.1) is 5.10 Å². The maximum atomic E-state index is 9.85. The first-order chi connectivity index (χ1) is 9.37. The molecule has 1 aliphatic rings. The molecule has 1 aromatic heterocycles. The molecule has 0 aromatic carbocycles. The Morgan fingerprint density at radius 3 is 2.60 bits per heavy atom. The topological polar surface area (TPSA) is 102 Å². The van der Waals surface area contributed by atoms with Crippen LogP contribution in [0.2, 0.25) is 0 Å². The highest BCUT2D eigenvalue weighted by atomic mass is 16.3. The number of aromatic nitrogens is 2. The van der Waals surface area contributed by atoms with Crippen LogP contribution in [0.15, 0.2) is 12.3 Å². The van der Waals surface area contributed by atoms with E-state index in [1.54, 1.807) is 12.3 Å². The van der Waals surface area contributed by atoms with Gasteiger partial charge in [-0.2, -0.15) is 5.10 Å². The van der Waals surface area contributed by atoms with Crippen LogP contribution < -0.4 is 10.6 Å². The summed E-state index contributed by atoms with van der Waals surface area (Å²) < 4.78 is 0. The van der Waals surface area contributed by atoms with E-state index in [9.17, 15) is 5.11 Å². The summed E-state index contributed by atoms with van der Waals surface area (Å²) in [7, 11) is 0. The Balaban J connectivity index is 2.03. The van der Waals surface area contributed by atoms with Gasteiger partial charge < -0.3 is 15.7 Å². The summed E-state index contributed by atoms with van der Waals surface area (Å²) in [5, 5.41) is 25.4. The zero-order chi connectivity index (χ0) is 14.8. The lowest BCUT2D eigenvalue weighted by Crippen LogP contribution is -2.51. The van der Waals surface area contributed by atoms with E-state index in [4.69, 9.17) is 11.1 Å². The Kier molecular flexibility index (Phi) is 4.20. The van der Waals surface area contributed by atoms with Gasteiger partial charge in [0.05, 0.1) is 17.4 Å². The van der Waals surface area contributed by atoms with E-state index in [1.165, 1.54) is 0 Å². The zero-order valence-corrected chi connectivity index (χ0v) is 12.0. The molecule has 0 saturated carbocycles. The van der Waals surface area contributed by atoms with Gasteiger partial charge in [-0.25, -0.2) is 0 Å². The van der Waals surface area contributed by atoms with Crippen LogP contribution >= 0.6 is 0 Å². The summed E-state index contributed by atoms with van der Waals surface area (Å²) in [4.78, 5) is 4.31. The normalized spacial score (nSPS) is 17.2. The molecule has 2 rings (SSSR count). The molecule has 0 amide bonds. The van der Waals surface area contributed by atoms with Gasteiger partial charge in [-0.1, -0.05) is 0 Å². The maximum Gasteiger partial charge on any atom is 0.162 e. The predicted octanol–water partition coefficient (Wildman–Crippen LogP) is -0.346. The molecule has 1 fully saturated rings. The van der Waals surface area contributed by atoms with Gasteiger partial charge in [0.2, 0.25) is 0 Å². The smallest absolute Gasteiger partial charge is 0.162 e. The number of nitrogens with zero attached hydrogens (tertiary/aromatic N) is 4. The second-order valence-corrected chi connectivity index (χ2v) is 5.76. The Hall–Kier alpha value is -1.73. The molecule has 4 N–H and O–H groups in total. The third-order valence-electron chi connectivity index (χ3n) is 3.27. The van der Waals surface area contributed by atoms with E-state index in [0.717, 1.165) is 26.2 Å². The number of rotatable bonds is 4. The van der Waals surface area contributed by atoms with Crippen LogP contribution in [0.3, 0.4) is 0 Å². The number of hydrogen-bond acceptors (Lipinski definition) is 6. The number of nitrogens with one attached hydrogen (secondary N) is 1. The highest BCUT2D eigenvalue weighted by Gasteiger charge is 2.24. The second-order valence-electron chi connectivity index (χ2n) is 5.76. The minimum absolute atomic E-state index is 0.00817. The minimum Gasteiger partial charge on any atom is -0.389 e. The monoisotopic (exact) mass is 278 g/mol. The van der Waals surface area contributed by atoms with Gasteiger partial charge in [0, 0.05) is 32.7 Å². The molecule has 1 aliphatic heterocycles. The lowest BCUT2D eigenvalue weighted by Gasteiger charge is -2.38. The molecular formula is C13H22N6O. The van der Waals surface area contributed by atoms with Crippen LogP contribution in [0.25, 0.3) is 0 Å². The van der Waals surface area contributed by atoms with Crippen molar-refractivity contribution < 1.29 is 5.11 Å². The third kappa shape index (κ3) is 3.64. The van der Waals surface area contributed by atoms with Crippen LogP contribution in [-0.2, 0) is 0 Å². The Morgan fingerprint density at radius 2 is 2.05 bits per heavy atom. The Bertz CT molecular complexity index is 476. The van der Waals surface area contributed by atoms with Crippen molar-refractivity contribution >= 4 is 11.7 Å². The number of nitrogens with two attached hydrogens (primary N) is 1. The molecule has 1 aromatic rings. The van der Waals surface area contributed by atoms with Crippen molar-refractivity contribution in [2.75, 3.05) is 37.6 Å². The summed E-state index contributed by atoms with van der Waals surface area (Å²) in [6.45, 7) is 7.55. The van der Waals surface area contributed by atoms with Crippen molar-refractivity contribution in [2.45, 2.75) is 19.4 Å². The second kappa shape index (κ2) is 5.72. The summed E-state index contributed by atoms with van der Waals surface area (Å²) in [5.41, 5.74) is 5.52. The predicted molar refractivity (Wildman–Crippen MR) is 78.0 cm³/mol. The number of piperazine rings is 1. The fraction of sp³-hybridized carbons (Fsp3) is 0.615. The van der Waals surface area contributed by atoms with Crippen LogP contribution in [0.5, 0.6) is 0 Å². The largest absolute Gasteiger partial charge is 0.389 e. The van der Waals surface area contributed by atoms with E-state index in [0.29, 0.717) is 17.9 Å². The van der Waals surface area contributed by atoms with Crippen molar-refractivity contribution in [3.63, 3.8) is 0 Å². The minimum atomic E-state index is -0.681. The highest BCUT2D eigenvalue weighted by molar-refractivity contribution is 5.99. The van der Waals surface area contributed by atoms with Crippen molar-refractivity contribution in [3.05, 3.63) is 17.8 Å². The quantitative estimate of drug-likeness (QED) is 0.514. The fourth-order valence-corrected chi connectivity index (χ4v) is 2.43. The van der Waals surface area contributed by atoms with Crippen LogP contribution in [0.1, 0.15) is 19.4 Å². The molecule has 0 aliphatic carbocycles. The number of anilines is 1. The molecule has 0 radical (unpaired) electrons. The van der Waals surface area contributed by atoms with Crippen molar-refractivity contribution in [1.29, 1.82) is 5.41 Å². The first kappa shape index (κ1) is 14.7. The average Bonchev–Trinajstić information content (AvgIpc) is 2.38. The molecule has 7 heteroatoms. The molecule has 0 unspecified atom stereocenters. The van der Waals surface area contributed by atoms with Crippen LogP contribution in [0.4, 0.5) is 5.82 Å². The standard InChI is InChI=1S/C13H22N6O/c1-13(2,20)9-18-5-7-19(8-6-18)12-10(11(14)15)3-4-16-17-12/h3-4,20H,5-9H2,1-2H3,(H3,14,15). The lowest BCUT2D eigenvalue weighted by atomic mass is 10.1. The highest BCUT2D eigenvalue weighted by Crippen LogP contribution is 2.18. The number of nitrogen functional groups attached to an aromatic ring is 1. The molecule has 1 saturated heterocycles. The van der Waals surface area contributed by atoms with E-state index in [-0.39, 0.29) is 5.84 Å². The molecule has 0 bridgehead atoms. The van der Waals surface area contributed by atoms with Crippen molar-refractivity contribution in [2.24, 2.45) is 5.73 Å². The zero-order valence-electron chi connectivity index (χ0n) is 12.0. The Labute approximate surface area is 118 Å². The summed E-state index contributed by atoms with van der Waals surface area (Å²) >= 11 is 0. The summed E-state index contributed by atoms with van der Waals surface area (Å²) in [6.07, 6.45) is 1.55. The first-order valence-electron chi connectivity index (χ1n) is 6.72. The number of hydrogen-bond donors (Lipinski definition) is 3. The van der Waals surface area contributed by atoms with Gasteiger partial charge in [-0.05, 0) is 19.9 Å². The van der Waals surface area contributed by atoms with Gasteiger partial charge in [0.15, 0.2) is 5.82 Å². The lowest BCUT2D eigenvalue weighted by molar-refractivity contribution is 0.0344. The van der Waals surface area contributed by atoms with E-state index >= 15 is 0 Å². The molecule has 7 nitrogen and oxygen atoms in total. The Morgan fingerprint density at radius 1 is 1.40 bits per heavy atom. The van der Waals surface area contributed by atoms with E-state index in [1.807, 2.05) is 13.8 Å². The molecule has 20 heavy (non-hydrogen) atoms. The molecular weight excluding hydrogens is 256 g/mol. The first-order valence-corrected chi connectivity index (χ1v) is 6.72. The fourth-order valence-electron chi connectivity index (χ4n) is 2.43. The van der Waals surface area contributed by atoms with Gasteiger partial charge >= 0.3 is 0 Å². The van der Waals surface area contributed by atoms with Crippen molar-refractivity contribution in [3.8, 4) is 0 Å². The van der Waals surface area contributed by atoms with Gasteiger partial charge in [-0.3, -0.25) is 10.3 Å². The van der Waals surface area contributed by atoms with E-state index < -0.39 is 5.60 Å². The number of aliphatic hydroxyl groups is 1. The van der Waals surface area contributed by atoms with Gasteiger partial charge in [0.25, 0.3) is 0 Å². The summed E-state index contributed by atoms with van der Waals surface area (Å²) in [5.74, 6) is 0.678. The molecule has 110 valence electrons. The van der Waals surface area contributed by atoms with Crippen LogP contribution in [0, 0.1) is 5.41 Å². The molecule has 0 spiro atoms. The molecule has 0 atom stereocenters. The summed E-state index contributed by atoms with van der Waals surface area (Å²) in [6, 6.07) is 1.72.